The minimum atomic E-state index is -0.423. The molecule has 146 valence electrons. The van der Waals surface area contributed by atoms with Gasteiger partial charge >= 0.3 is 6.09 Å². The Morgan fingerprint density at radius 1 is 1.26 bits per heavy atom. The van der Waals surface area contributed by atoms with E-state index in [9.17, 15) is 4.79 Å². The molecule has 1 saturated heterocycles. The molecule has 2 aromatic rings. The summed E-state index contributed by atoms with van der Waals surface area (Å²) in [6.07, 6.45) is 4.96. The fourth-order valence-corrected chi connectivity index (χ4v) is 4.70. The first-order chi connectivity index (χ1) is 13.2. The van der Waals surface area contributed by atoms with Crippen molar-refractivity contribution in [3.8, 4) is 5.75 Å². The third-order valence-corrected chi connectivity index (χ3v) is 6.09. The first kappa shape index (κ1) is 18.3. The van der Waals surface area contributed by atoms with Crippen molar-refractivity contribution in [3.63, 3.8) is 0 Å². The predicted octanol–water partition coefficient (Wildman–Crippen LogP) is 4.02. The molecule has 2 fully saturated rings. The molecule has 1 N–H and O–H groups in total. The van der Waals surface area contributed by atoms with Crippen LogP contribution in [0.15, 0.2) is 12.1 Å². The Morgan fingerprint density at radius 2 is 2.04 bits per heavy atom. The number of morpholine rings is 1. The highest BCUT2D eigenvalue weighted by molar-refractivity contribution is 7.23. The number of carbonyl (C=O) groups is 1. The molecule has 7 nitrogen and oxygen atoms in total. The molecule has 0 atom stereocenters. The second-order valence-corrected chi connectivity index (χ2v) is 7.87. The van der Waals surface area contributed by atoms with E-state index in [1.165, 1.54) is 17.8 Å². The molecule has 8 heteroatoms. The number of aromatic nitrogens is 1. The summed E-state index contributed by atoms with van der Waals surface area (Å²) in [7, 11) is 1.63. The number of thiazole rings is 1. The van der Waals surface area contributed by atoms with Crippen molar-refractivity contribution in [2.45, 2.75) is 38.2 Å². The summed E-state index contributed by atoms with van der Waals surface area (Å²) < 4.78 is 17.5. The van der Waals surface area contributed by atoms with E-state index in [0.717, 1.165) is 54.7 Å². The van der Waals surface area contributed by atoms with Crippen LogP contribution >= 0.6 is 11.3 Å². The fraction of sp³-hybridized carbons (Fsp3) is 0.579. The quantitative estimate of drug-likeness (QED) is 0.849. The van der Waals surface area contributed by atoms with Crippen LogP contribution in [0.4, 0.5) is 15.6 Å². The largest absolute Gasteiger partial charge is 0.494 e. The van der Waals surface area contributed by atoms with Gasteiger partial charge < -0.3 is 19.1 Å². The van der Waals surface area contributed by atoms with Gasteiger partial charge in [-0.15, -0.1) is 0 Å². The predicted molar refractivity (Wildman–Crippen MR) is 106 cm³/mol. The Kier molecular flexibility index (Phi) is 5.63. The van der Waals surface area contributed by atoms with E-state index >= 15 is 0 Å². The topological polar surface area (TPSA) is 72.9 Å². The summed E-state index contributed by atoms with van der Waals surface area (Å²) in [4.78, 5) is 19.2. The molecule has 1 aliphatic carbocycles. The van der Waals surface area contributed by atoms with E-state index < -0.39 is 6.09 Å². The molecule has 0 radical (unpaired) electrons. The summed E-state index contributed by atoms with van der Waals surface area (Å²) >= 11 is 1.45. The Balaban J connectivity index is 1.55. The van der Waals surface area contributed by atoms with Gasteiger partial charge in [0.15, 0.2) is 5.13 Å². The lowest BCUT2D eigenvalue weighted by Gasteiger charge is -2.29. The third-order valence-electron chi connectivity index (χ3n) is 5.09. The van der Waals surface area contributed by atoms with Gasteiger partial charge in [-0.05, 0) is 37.8 Å². The summed E-state index contributed by atoms with van der Waals surface area (Å²) in [6, 6.07) is 3.98. The molecular weight excluding hydrogens is 366 g/mol. The maximum atomic E-state index is 12.3. The van der Waals surface area contributed by atoms with Crippen molar-refractivity contribution in [2.75, 3.05) is 43.6 Å². The standard InChI is InChI=1S/C19H25N3O4S/c1-24-15-8-7-14(22-9-11-25-12-10-22)17-16(15)20-18(27-17)21-19(23)26-13-5-3-2-4-6-13/h7-8,13H,2-6,9-12H2,1H3,(H,20,21,23). The van der Waals surface area contributed by atoms with Crippen LogP contribution in [0.25, 0.3) is 10.2 Å². The molecule has 1 aromatic heterocycles. The van der Waals surface area contributed by atoms with Gasteiger partial charge in [-0.2, -0.15) is 0 Å². The van der Waals surface area contributed by atoms with E-state index in [2.05, 4.69) is 21.3 Å². The zero-order valence-corrected chi connectivity index (χ0v) is 16.3. The lowest BCUT2D eigenvalue weighted by molar-refractivity contribution is 0.0865. The molecular formula is C19H25N3O4S. The van der Waals surface area contributed by atoms with Crippen LogP contribution in [0, 0.1) is 0 Å². The monoisotopic (exact) mass is 391 g/mol. The van der Waals surface area contributed by atoms with Crippen LogP contribution in [0.3, 0.4) is 0 Å². The number of rotatable bonds is 4. The molecule has 1 aromatic carbocycles. The van der Waals surface area contributed by atoms with Crippen molar-refractivity contribution < 1.29 is 19.0 Å². The highest BCUT2D eigenvalue weighted by Gasteiger charge is 2.21. The van der Waals surface area contributed by atoms with Crippen LogP contribution in [-0.4, -0.2) is 50.6 Å². The van der Waals surface area contributed by atoms with Gasteiger partial charge in [0, 0.05) is 13.1 Å². The second kappa shape index (κ2) is 8.31. The summed E-state index contributed by atoms with van der Waals surface area (Å²) in [5, 5.41) is 3.34. The number of fused-ring (bicyclic) bond motifs is 1. The molecule has 1 aliphatic heterocycles. The molecule has 1 saturated carbocycles. The molecule has 1 amide bonds. The number of ether oxygens (including phenoxy) is 3. The number of benzene rings is 1. The van der Waals surface area contributed by atoms with Crippen LogP contribution in [-0.2, 0) is 9.47 Å². The van der Waals surface area contributed by atoms with Gasteiger partial charge in [-0.25, -0.2) is 9.78 Å². The van der Waals surface area contributed by atoms with Gasteiger partial charge in [-0.3, -0.25) is 5.32 Å². The van der Waals surface area contributed by atoms with Crippen molar-refractivity contribution in [1.29, 1.82) is 0 Å². The average molecular weight is 391 g/mol. The summed E-state index contributed by atoms with van der Waals surface area (Å²) in [6.45, 7) is 3.11. The normalized spacial score (nSPS) is 18.5. The zero-order chi connectivity index (χ0) is 18.6. The second-order valence-electron chi connectivity index (χ2n) is 6.87. The Morgan fingerprint density at radius 3 is 2.78 bits per heavy atom. The zero-order valence-electron chi connectivity index (χ0n) is 15.5. The smallest absolute Gasteiger partial charge is 0.413 e. The highest BCUT2D eigenvalue weighted by atomic mass is 32.1. The first-order valence-corrected chi connectivity index (χ1v) is 10.3. The fourth-order valence-electron chi connectivity index (χ4n) is 3.69. The van der Waals surface area contributed by atoms with Crippen molar-refractivity contribution in [2.24, 2.45) is 0 Å². The number of nitrogens with one attached hydrogen (secondary N) is 1. The Bertz CT molecular complexity index is 798. The van der Waals surface area contributed by atoms with Crippen molar-refractivity contribution >= 4 is 38.5 Å². The molecule has 4 rings (SSSR count). The Labute approximate surface area is 162 Å². The molecule has 0 bridgehead atoms. The van der Waals surface area contributed by atoms with Crippen LogP contribution < -0.4 is 15.0 Å². The van der Waals surface area contributed by atoms with Crippen LogP contribution in [0.1, 0.15) is 32.1 Å². The number of carbonyl (C=O) groups excluding carboxylic acids is 1. The molecule has 27 heavy (non-hydrogen) atoms. The lowest BCUT2D eigenvalue weighted by atomic mass is 9.98. The first-order valence-electron chi connectivity index (χ1n) is 9.52. The maximum Gasteiger partial charge on any atom is 0.413 e. The van der Waals surface area contributed by atoms with Gasteiger partial charge in [0.25, 0.3) is 0 Å². The number of amides is 1. The van der Waals surface area contributed by atoms with Gasteiger partial charge in [0.1, 0.15) is 17.4 Å². The SMILES string of the molecule is COc1ccc(N2CCOCC2)c2sc(NC(=O)OC3CCCCC3)nc12. The molecule has 0 unspecified atom stereocenters. The number of methoxy groups -OCH3 is 1. The number of nitrogens with zero attached hydrogens (tertiary/aromatic N) is 2. The van der Waals surface area contributed by atoms with Gasteiger partial charge in [0.2, 0.25) is 0 Å². The minimum Gasteiger partial charge on any atom is -0.494 e. The van der Waals surface area contributed by atoms with E-state index in [4.69, 9.17) is 14.2 Å². The molecule has 2 aliphatic rings. The third kappa shape index (κ3) is 4.11. The highest BCUT2D eigenvalue weighted by Crippen LogP contribution is 2.39. The van der Waals surface area contributed by atoms with E-state index in [1.54, 1.807) is 7.11 Å². The average Bonchev–Trinajstić information content (AvgIpc) is 3.12. The Hall–Kier alpha value is -2.06. The van der Waals surface area contributed by atoms with E-state index in [1.807, 2.05) is 6.07 Å². The minimum absolute atomic E-state index is 0.0200. The van der Waals surface area contributed by atoms with E-state index in [-0.39, 0.29) is 6.10 Å². The van der Waals surface area contributed by atoms with Crippen LogP contribution in [0.2, 0.25) is 0 Å². The number of hydrogen-bond donors (Lipinski definition) is 1. The van der Waals surface area contributed by atoms with Crippen LogP contribution in [0.5, 0.6) is 5.75 Å². The number of hydrogen-bond acceptors (Lipinski definition) is 7. The maximum absolute atomic E-state index is 12.3. The lowest BCUT2D eigenvalue weighted by Crippen LogP contribution is -2.36. The van der Waals surface area contributed by atoms with Crippen molar-refractivity contribution in [1.82, 2.24) is 4.98 Å². The summed E-state index contributed by atoms with van der Waals surface area (Å²) in [5.41, 5.74) is 1.86. The van der Waals surface area contributed by atoms with Gasteiger partial charge in [0.05, 0.1) is 30.7 Å². The molecule has 0 spiro atoms. The van der Waals surface area contributed by atoms with Crippen molar-refractivity contribution in [3.05, 3.63) is 12.1 Å². The summed E-state index contributed by atoms with van der Waals surface area (Å²) in [5.74, 6) is 0.701. The van der Waals surface area contributed by atoms with Gasteiger partial charge in [-0.1, -0.05) is 17.8 Å². The van der Waals surface area contributed by atoms with E-state index in [0.29, 0.717) is 24.1 Å². The molecule has 2 heterocycles. The number of anilines is 2.